The lowest BCUT2D eigenvalue weighted by Crippen LogP contribution is -2.11. The predicted molar refractivity (Wildman–Crippen MR) is 47.0 cm³/mol. The zero-order chi connectivity index (χ0) is 7.82. The van der Waals surface area contributed by atoms with Gasteiger partial charge < -0.3 is 4.90 Å². The molecule has 0 spiro atoms. The van der Waals surface area contributed by atoms with Crippen molar-refractivity contribution in [2.45, 2.75) is 32.6 Å². The second kappa shape index (κ2) is 6.66. The van der Waals surface area contributed by atoms with E-state index in [-0.39, 0.29) is 0 Å². The standard InChI is InChI=1S/C9H19N/c1-4-6-7-8-9-10(3)5-2/h5H,2,4,6-9H2,1,3H3. The smallest absolute Gasteiger partial charge is 0.0169 e. The average Bonchev–Trinajstić information content (AvgIpc) is 1.98. The molecule has 0 aromatic carbocycles. The van der Waals surface area contributed by atoms with Crippen molar-refractivity contribution in [2.24, 2.45) is 0 Å². The van der Waals surface area contributed by atoms with Gasteiger partial charge in [0, 0.05) is 13.6 Å². The molecule has 0 aliphatic heterocycles. The molecule has 0 unspecified atom stereocenters. The van der Waals surface area contributed by atoms with Crippen LogP contribution in [0.5, 0.6) is 0 Å². The molecule has 0 bridgehead atoms. The van der Waals surface area contributed by atoms with Gasteiger partial charge in [-0.1, -0.05) is 32.8 Å². The first-order valence-corrected chi connectivity index (χ1v) is 4.14. The van der Waals surface area contributed by atoms with Crippen molar-refractivity contribution in [3.63, 3.8) is 0 Å². The van der Waals surface area contributed by atoms with E-state index in [1.807, 2.05) is 6.20 Å². The molecule has 0 aromatic rings. The molecular formula is C9H19N. The molecule has 0 saturated heterocycles. The van der Waals surface area contributed by atoms with Crippen molar-refractivity contribution in [3.8, 4) is 0 Å². The summed E-state index contributed by atoms with van der Waals surface area (Å²) in [5, 5.41) is 0. The average molecular weight is 141 g/mol. The minimum absolute atomic E-state index is 1.16. The van der Waals surface area contributed by atoms with Crippen LogP contribution in [-0.2, 0) is 0 Å². The van der Waals surface area contributed by atoms with E-state index in [0.29, 0.717) is 0 Å². The normalized spacial score (nSPS) is 9.40. The van der Waals surface area contributed by atoms with Crippen LogP contribution in [0.4, 0.5) is 0 Å². The first-order chi connectivity index (χ1) is 4.81. The van der Waals surface area contributed by atoms with E-state index >= 15 is 0 Å². The second-order valence-corrected chi connectivity index (χ2v) is 2.72. The van der Waals surface area contributed by atoms with Gasteiger partial charge in [0.15, 0.2) is 0 Å². The summed E-state index contributed by atoms with van der Waals surface area (Å²) < 4.78 is 0. The van der Waals surface area contributed by atoms with Gasteiger partial charge in [-0.05, 0) is 12.6 Å². The molecule has 0 aliphatic rings. The molecule has 1 nitrogen and oxygen atoms in total. The Morgan fingerprint density at radius 1 is 1.30 bits per heavy atom. The number of hydrogen-bond acceptors (Lipinski definition) is 1. The fourth-order valence-corrected chi connectivity index (χ4v) is 0.879. The second-order valence-electron chi connectivity index (χ2n) is 2.72. The molecule has 0 heterocycles. The van der Waals surface area contributed by atoms with E-state index in [0.717, 1.165) is 6.54 Å². The van der Waals surface area contributed by atoms with Crippen molar-refractivity contribution >= 4 is 0 Å². The summed E-state index contributed by atoms with van der Waals surface area (Å²) in [6.45, 7) is 7.08. The quantitative estimate of drug-likeness (QED) is 0.514. The van der Waals surface area contributed by atoms with E-state index in [1.54, 1.807) is 0 Å². The molecule has 0 atom stereocenters. The van der Waals surface area contributed by atoms with Gasteiger partial charge in [-0.3, -0.25) is 0 Å². The Morgan fingerprint density at radius 3 is 2.50 bits per heavy atom. The van der Waals surface area contributed by atoms with Gasteiger partial charge in [0.1, 0.15) is 0 Å². The maximum absolute atomic E-state index is 3.69. The molecule has 0 saturated carbocycles. The summed E-state index contributed by atoms with van der Waals surface area (Å²) in [7, 11) is 2.07. The van der Waals surface area contributed by atoms with Crippen LogP contribution in [0.15, 0.2) is 12.8 Å². The maximum Gasteiger partial charge on any atom is 0.0169 e. The van der Waals surface area contributed by atoms with E-state index in [2.05, 4.69) is 25.5 Å². The minimum Gasteiger partial charge on any atom is -0.381 e. The molecule has 1 heteroatoms. The Labute approximate surface area is 64.7 Å². The highest BCUT2D eigenvalue weighted by Gasteiger charge is 1.89. The number of rotatable bonds is 6. The summed E-state index contributed by atoms with van der Waals surface area (Å²) >= 11 is 0. The molecule has 0 aliphatic carbocycles. The third-order valence-corrected chi connectivity index (χ3v) is 1.68. The lowest BCUT2D eigenvalue weighted by molar-refractivity contribution is 0.433. The third kappa shape index (κ3) is 5.67. The van der Waals surface area contributed by atoms with Crippen LogP contribution in [0.25, 0.3) is 0 Å². The lowest BCUT2D eigenvalue weighted by Gasteiger charge is -2.11. The third-order valence-electron chi connectivity index (χ3n) is 1.68. The van der Waals surface area contributed by atoms with E-state index in [1.165, 1.54) is 25.7 Å². The highest BCUT2D eigenvalue weighted by atomic mass is 15.1. The van der Waals surface area contributed by atoms with Gasteiger partial charge in [-0.25, -0.2) is 0 Å². The zero-order valence-corrected chi connectivity index (χ0v) is 7.27. The Bertz CT molecular complexity index is 78.8. The highest BCUT2D eigenvalue weighted by Crippen LogP contribution is 1.99. The van der Waals surface area contributed by atoms with Crippen molar-refractivity contribution in [3.05, 3.63) is 12.8 Å². The highest BCUT2D eigenvalue weighted by molar-refractivity contribution is 4.65. The van der Waals surface area contributed by atoms with Crippen molar-refractivity contribution < 1.29 is 0 Å². The number of hydrogen-bond donors (Lipinski definition) is 0. The van der Waals surface area contributed by atoms with Crippen LogP contribution in [0.2, 0.25) is 0 Å². The van der Waals surface area contributed by atoms with Gasteiger partial charge in [0.2, 0.25) is 0 Å². The Hall–Kier alpha value is -0.460. The predicted octanol–water partition coefficient (Wildman–Crippen LogP) is 2.64. The van der Waals surface area contributed by atoms with Crippen LogP contribution < -0.4 is 0 Å². The van der Waals surface area contributed by atoms with Crippen molar-refractivity contribution in [1.82, 2.24) is 4.90 Å². The summed E-state index contributed by atoms with van der Waals surface area (Å²) in [5.74, 6) is 0. The fraction of sp³-hybridized carbons (Fsp3) is 0.778. The summed E-state index contributed by atoms with van der Waals surface area (Å²) in [4.78, 5) is 2.13. The van der Waals surface area contributed by atoms with Crippen LogP contribution in [0.3, 0.4) is 0 Å². The summed E-state index contributed by atoms with van der Waals surface area (Å²) in [6, 6.07) is 0. The first-order valence-electron chi connectivity index (χ1n) is 4.14. The van der Waals surface area contributed by atoms with Crippen molar-refractivity contribution in [1.29, 1.82) is 0 Å². The fourth-order valence-electron chi connectivity index (χ4n) is 0.879. The van der Waals surface area contributed by atoms with Crippen LogP contribution in [-0.4, -0.2) is 18.5 Å². The van der Waals surface area contributed by atoms with E-state index in [9.17, 15) is 0 Å². The largest absolute Gasteiger partial charge is 0.381 e. The van der Waals surface area contributed by atoms with Gasteiger partial charge >= 0.3 is 0 Å². The molecule has 0 aromatic heterocycles. The summed E-state index contributed by atoms with van der Waals surface area (Å²) in [5.41, 5.74) is 0. The first kappa shape index (κ1) is 9.54. The van der Waals surface area contributed by atoms with Crippen LogP contribution in [0, 0.1) is 0 Å². The molecular weight excluding hydrogens is 122 g/mol. The van der Waals surface area contributed by atoms with Gasteiger partial charge in [0.05, 0.1) is 0 Å². The maximum atomic E-state index is 3.69. The van der Waals surface area contributed by atoms with Gasteiger partial charge in [0.25, 0.3) is 0 Å². The van der Waals surface area contributed by atoms with E-state index < -0.39 is 0 Å². The van der Waals surface area contributed by atoms with Gasteiger partial charge in [-0.15, -0.1) is 0 Å². The number of unbranched alkanes of at least 4 members (excludes halogenated alkanes) is 3. The Balaban J connectivity index is 2.95. The topological polar surface area (TPSA) is 3.24 Å². The van der Waals surface area contributed by atoms with Crippen LogP contribution >= 0.6 is 0 Å². The molecule has 0 radical (unpaired) electrons. The summed E-state index contributed by atoms with van der Waals surface area (Å²) in [6.07, 6.45) is 7.22. The lowest BCUT2D eigenvalue weighted by atomic mass is 10.2. The van der Waals surface area contributed by atoms with Crippen LogP contribution in [0.1, 0.15) is 32.6 Å². The monoisotopic (exact) mass is 141 g/mol. The molecule has 0 fully saturated rings. The Morgan fingerprint density at radius 2 is 2.00 bits per heavy atom. The zero-order valence-electron chi connectivity index (χ0n) is 7.27. The molecule has 0 N–H and O–H groups in total. The molecule has 0 rings (SSSR count). The number of nitrogens with zero attached hydrogens (tertiary/aromatic N) is 1. The SMILES string of the molecule is C=CN(C)CCCCCC. The Kier molecular flexibility index (Phi) is 6.35. The minimum atomic E-state index is 1.16. The molecule has 0 amide bonds. The van der Waals surface area contributed by atoms with Crippen molar-refractivity contribution in [2.75, 3.05) is 13.6 Å². The molecule has 10 heavy (non-hydrogen) atoms. The molecule has 60 valence electrons. The van der Waals surface area contributed by atoms with E-state index in [4.69, 9.17) is 0 Å². The van der Waals surface area contributed by atoms with Gasteiger partial charge in [-0.2, -0.15) is 0 Å².